The van der Waals surface area contributed by atoms with Crippen LogP contribution < -0.4 is 5.32 Å². The van der Waals surface area contributed by atoms with E-state index >= 15 is 0 Å². The highest BCUT2D eigenvalue weighted by Gasteiger charge is 2.39. The summed E-state index contributed by atoms with van der Waals surface area (Å²) in [6, 6.07) is 17.8. The van der Waals surface area contributed by atoms with Crippen molar-refractivity contribution in [2.75, 3.05) is 0 Å². The molecule has 0 radical (unpaired) electrons. The Kier molecular flexibility index (Phi) is 4.65. The molecule has 124 valence electrons. The van der Waals surface area contributed by atoms with Crippen molar-refractivity contribution in [2.24, 2.45) is 0 Å². The van der Waals surface area contributed by atoms with Crippen LogP contribution in [0.3, 0.4) is 0 Å². The smallest absolute Gasteiger partial charge is 0.256 e. The van der Waals surface area contributed by atoms with Gasteiger partial charge in [0.15, 0.2) is 0 Å². The van der Waals surface area contributed by atoms with Gasteiger partial charge in [-0.15, -0.1) is 0 Å². The highest BCUT2D eigenvalue weighted by atomic mass is 16.2. The Morgan fingerprint density at radius 3 is 2.50 bits per heavy atom. The lowest BCUT2D eigenvalue weighted by molar-refractivity contribution is -0.120. The number of nitrogens with one attached hydrogen (secondary N) is 1. The zero-order valence-corrected chi connectivity index (χ0v) is 14.0. The first-order chi connectivity index (χ1) is 11.6. The molecule has 4 nitrogen and oxygen atoms in total. The predicted octanol–water partition coefficient (Wildman–Crippen LogP) is 3.30. The Balaban J connectivity index is 1.80. The van der Waals surface area contributed by atoms with Crippen molar-refractivity contribution in [3.05, 3.63) is 71.3 Å². The van der Waals surface area contributed by atoms with E-state index in [-0.39, 0.29) is 24.0 Å². The zero-order chi connectivity index (χ0) is 17.1. The molecule has 2 amide bonds. The molecule has 1 aliphatic rings. The minimum absolute atomic E-state index is 0.00934. The van der Waals surface area contributed by atoms with E-state index in [0.29, 0.717) is 5.56 Å². The number of carbonyl (C=O) groups excluding carboxylic acids is 2. The molecule has 0 aliphatic carbocycles. The fraction of sp³-hybridized carbons (Fsp3) is 0.300. The minimum Gasteiger partial charge on any atom is -0.332 e. The number of nitrogens with zero attached hydrogens (tertiary/aromatic N) is 1. The van der Waals surface area contributed by atoms with Crippen molar-refractivity contribution in [1.29, 1.82) is 0 Å². The van der Waals surface area contributed by atoms with E-state index in [1.165, 1.54) is 12.5 Å². The summed E-state index contributed by atoms with van der Waals surface area (Å²) in [5, 5.41) is 2.92. The molecule has 1 N–H and O–H groups in total. The largest absolute Gasteiger partial charge is 0.332 e. The Morgan fingerprint density at radius 1 is 1.12 bits per heavy atom. The van der Waals surface area contributed by atoms with Gasteiger partial charge in [0.05, 0.1) is 0 Å². The van der Waals surface area contributed by atoms with Crippen LogP contribution in [0.5, 0.6) is 0 Å². The van der Waals surface area contributed by atoms with Crippen LogP contribution in [-0.4, -0.2) is 22.8 Å². The van der Waals surface area contributed by atoms with Crippen molar-refractivity contribution >= 4 is 11.8 Å². The monoisotopic (exact) mass is 322 g/mol. The number of hydrogen-bond acceptors (Lipinski definition) is 2. The molecule has 0 fully saturated rings. The van der Waals surface area contributed by atoms with Crippen LogP contribution in [0.15, 0.2) is 54.6 Å². The van der Waals surface area contributed by atoms with Gasteiger partial charge in [-0.25, -0.2) is 0 Å². The van der Waals surface area contributed by atoms with E-state index in [0.717, 1.165) is 18.4 Å². The Bertz CT molecular complexity index is 742. The Labute approximate surface area is 142 Å². The van der Waals surface area contributed by atoms with E-state index in [9.17, 15) is 9.59 Å². The van der Waals surface area contributed by atoms with Gasteiger partial charge in [-0.1, -0.05) is 48.5 Å². The maximum atomic E-state index is 12.8. The lowest BCUT2D eigenvalue weighted by Crippen LogP contribution is -2.43. The van der Waals surface area contributed by atoms with E-state index in [1.807, 2.05) is 49.4 Å². The van der Waals surface area contributed by atoms with Crippen molar-refractivity contribution in [2.45, 2.75) is 38.9 Å². The third-order valence-corrected chi connectivity index (χ3v) is 4.51. The fourth-order valence-electron chi connectivity index (χ4n) is 3.29. The van der Waals surface area contributed by atoms with Crippen LogP contribution in [0.25, 0.3) is 0 Å². The van der Waals surface area contributed by atoms with E-state index in [2.05, 4.69) is 17.4 Å². The molecule has 0 bridgehead atoms. The number of amides is 2. The highest BCUT2D eigenvalue weighted by molar-refractivity contribution is 5.99. The molecular weight excluding hydrogens is 300 g/mol. The van der Waals surface area contributed by atoms with Crippen LogP contribution in [0.1, 0.15) is 47.9 Å². The topological polar surface area (TPSA) is 49.4 Å². The molecule has 3 rings (SSSR count). The van der Waals surface area contributed by atoms with Gasteiger partial charge in [0, 0.05) is 24.1 Å². The average molecular weight is 322 g/mol. The SMILES string of the molecule is CC(=O)NC1c2ccccc2C(=O)N1C(C)CCc1ccccc1. The summed E-state index contributed by atoms with van der Waals surface area (Å²) in [6.45, 7) is 3.53. The van der Waals surface area contributed by atoms with Gasteiger partial charge in [0.2, 0.25) is 5.91 Å². The maximum absolute atomic E-state index is 12.8. The van der Waals surface area contributed by atoms with Crippen LogP contribution >= 0.6 is 0 Å². The first-order valence-corrected chi connectivity index (χ1v) is 8.30. The number of carbonyl (C=O) groups is 2. The fourth-order valence-corrected chi connectivity index (χ4v) is 3.29. The Morgan fingerprint density at radius 2 is 1.79 bits per heavy atom. The summed E-state index contributed by atoms with van der Waals surface area (Å²) >= 11 is 0. The molecule has 2 aromatic rings. The number of aryl methyl sites for hydroxylation is 1. The van der Waals surface area contributed by atoms with Gasteiger partial charge >= 0.3 is 0 Å². The third-order valence-electron chi connectivity index (χ3n) is 4.51. The van der Waals surface area contributed by atoms with E-state index in [4.69, 9.17) is 0 Å². The molecule has 24 heavy (non-hydrogen) atoms. The van der Waals surface area contributed by atoms with Gasteiger partial charge in [0.1, 0.15) is 6.17 Å². The molecule has 0 aromatic heterocycles. The summed E-state index contributed by atoms with van der Waals surface area (Å²) in [5.74, 6) is -0.144. The number of benzene rings is 2. The Hall–Kier alpha value is -2.62. The number of hydrogen-bond donors (Lipinski definition) is 1. The quantitative estimate of drug-likeness (QED) is 0.918. The molecule has 2 atom stereocenters. The number of rotatable bonds is 5. The highest BCUT2D eigenvalue weighted by Crippen LogP contribution is 2.34. The normalized spacial score (nSPS) is 17.5. The van der Waals surface area contributed by atoms with Gasteiger partial charge in [-0.2, -0.15) is 0 Å². The summed E-state index contributed by atoms with van der Waals surface area (Å²) < 4.78 is 0. The molecule has 4 heteroatoms. The maximum Gasteiger partial charge on any atom is 0.256 e. The second-order valence-electron chi connectivity index (χ2n) is 6.28. The van der Waals surface area contributed by atoms with Crippen LogP contribution in [0.4, 0.5) is 0 Å². The van der Waals surface area contributed by atoms with Crippen LogP contribution in [-0.2, 0) is 11.2 Å². The summed E-state index contributed by atoms with van der Waals surface area (Å²) in [5.41, 5.74) is 2.82. The van der Waals surface area contributed by atoms with Crippen molar-refractivity contribution in [3.8, 4) is 0 Å². The van der Waals surface area contributed by atoms with E-state index < -0.39 is 0 Å². The summed E-state index contributed by atoms with van der Waals surface area (Å²) in [4.78, 5) is 26.2. The second-order valence-corrected chi connectivity index (χ2v) is 6.28. The standard InChI is InChI=1S/C20H22N2O2/c1-14(12-13-16-8-4-3-5-9-16)22-19(21-15(2)23)17-10-6-7-11-18(17)20(22)24/h3-11,14,19H,12-13H2,1-2H3,(H,21,23). The average Bonchev–Trinajstić information content (AvgIpc) is 2.86. The van der Waals surface area contributed by atoms with Crippen LogP contribution in [0, 0.1) is 0 Å². The summed E-state index contributed by atoms with van der Waals surface area (Å²) in [7, 11) is 0. The zero-order valence-electron chi connectivity index (χ0n) is 14.0. The molecule has 0 saturated heterocycles. The molecule has 1 aliphatic heterocycles. The lowest BCUT2D eigenvalue weighted by atomic mass is 10.0. The summed E-state index contributed by atoms with van der Waals surface area (Å²) in [6.07, 6.45) is 1.37. The first-order valence-electron chi connectivity index (χ1n) is 8.30. The molecule has 2 unspecified atom stereocenters. The van der Waals surface area contributed by atoms with E-state index in [1.54, 1.807) is 4.90 Å². The van der Waals surface area contributed by atoms with Gasteiger partial charge in [-0.3, -0.25) is 9.59 Å². The molecule has 1 heterocycles. The van der Waals surface area contributed by atoms with Crippen LogP contribution in [0.2, 0.25) is 0 Å². The first kappa shape index (κ1) is 16.2. The van der Waals surface area contributed by atoms with Crippen molar-refractivity contribution in [3.63, 3.8) is 0 Å². The lowest BCUT2D eigenvalue weighted by Gasteiger charge is -2.31. The van der Waals surface area contributed by atoms with Gasteiger partial charge in [-0.05, 0) is 31.4 Å². The van der Waals surface area contributed by atoms with Crippen molar-refractivity contribution in [1.82, 2.24) is 10.2 Å². The molecular formula is C20H22N2O2. The third kappa shape index (κ3) is 3.18. The molecule has 0 spiro atoms. The molecule has 2 aromatic carbocycles. The number of fused-ring (bicyclic) bond motifs is 1. The van der Waals surface area contributed by atoms with Crippen molar-refractivity contribution < 1.29 is 9.59 Å². The predicted molar refractivity (Wildman–Crippen MR) is 93.4 cm³/mol. The molecule has 0 saturated carbocycles. The second kappa shape index (κ2) is 6.87. The van der Waals surface area contributed by atoms with Gasteiger partial charge in [0.25, 0.3) is 5.91 Å². The van der Waals surface area contributed by atoms with Gasteiger partial charge < -0.3 is 10.2 Å². The minimum atomic E-state index is -0.378.